The Kier molecular flexibility index (Phi) is 4.58. The second-order valence-electron chi connectivity index (χ2n) is 6.50. The summed E-state index contributed by atoms with van der Waals surface area (Å²) in [6.07, 6.45) is 3.77. The Morgan fingerprint density at radius 2 is 1.89 bits per heavy atom. The maximum Gasteiger partial charge on any atom is 0.261 e. The first-order chi connectivity index (χ1) is 13.1. The Balaban J connectivity index is 1.67. The van der Waals surface area contributed by atoms with Crippen molar-refractivity contribution in [3.8, 4) is 5.69 Å². The van der Waals surface area contributed by atoms with Crippen LogP contribution in [0.25, 0.3) is 16.6 Å². The Morgan fingerprint density at radius 1 is 1.07 bits per heavy atom. The zero-order chi connectivity index (χ0) is 19.0. The fourth-order valence-corrected chi connectivity index (χ4v) is 4.05. The highest BCUT2D eigenvalue weighted by molar-refractivity contribution is 7.98. The second kappa shape index (κ2) is 7.04. The summed E-state index contributed by atoms with van der Waals surface area (Å²) >= 11 is 1.58. The molecular formula is C21H20N4OS. The van der Waals surface area contributed by atoms with Crippen LogP contribution in [-0.4, -0.2) is 19.1 Å². The monoisotopic (exact) mass is 376 g/mol. The first kappa shape index (κ1) is 17.5. The summed E-state index contributed by atoms with van der Waals surface area (Å²) in [6.45, 7) is 4.23. The van der Waals surface area contributed by atoms with Gasteiger partial charge in [0.15, 0.2) is 5.16 Å². The van der Waals surface area contributed by atoms with Crippen molar-refractivity contribution >= 4 is 22.7 Å². The Morgan fingerprint density at radius 3 is 2.74 bits per heavy atom. The number of imidazole rings is 1. The molecule has 0 aliphatic rings. The SMILES string of the molecule is Cc1cccc(-n2ccnc2SCc2nc3ccccc3c(=O)n2C)c1C. The van der Waals surface area contributed by atoms with Gasteiger partial charge in [0.25, 0.3) is 5.56 Å². The highest BCUT2D eigenvalue weighted by Gasteiger charge is 2.12. The zero-order valence-electron chi connectivity index (χ0n) is 15.5. The van der Waals surface area contributed by atoms with Gasteiger partial charge in [0.2, 0.25) is 0 Å². The fourth-order valence-electron chi connectivity index (χ4n) is 3.10. The minimum atomic E-state index is -0.0194. The van der Waals surface area contributed by atoms with Crippen molar-refractivity contribution in [3.05, 3.63) is 82.2 Å². The summed E-state index contributed by atoms with van der Waals surface area (Å²) in [6, 6.07) is 13.7. The summed E-state index contributed by atoms with van der Waals surface area (Å²) in [4.78, 5) is 21.8. The van der Waals surface area contributed by atoms with Crippen molar-refractivity contribution in [1.82, 2.24) is 19.1 Å². The number of rotatable bonds is 4. The van der Waals surface area contributed by atoms with Crippen molar-refractivity contribution in [2.45, 2.75) is 24.8 Å². The third-order valence-electron chi connectivity index (χ3n) is 4.85. The summed E-state index contributed by atoms with van der Waals surface area (Å²) in [5, 5.41) is 1.52. The molecule has 0 radical (unpaired) electrons. The molecule has 27 heavy (non-hydrogen) atoms. The number of hydrogen-bond donors (Lipinski definition) is 0. The van der Waals surface area contributed by atoms with Crippen LogP contribution in [0.15, 0.2) is 64.8 Å². The Hall–Kier alpha value is -2.86. The first-order valence-electron chi connectivity index (χ1n) is 8.73. The van der Waals surface area contributed by atoms with Crippen LogP contribution in [0, 0.1) is 13.8 Å². The summed E-state index contributed by atoms with van der Waals surface area (Å²) in [7, 11) is 1.77. The lowest BCUT2D eigenvalue weighted by atomic mass is 10.1. The Bertz CT molecular complexity index is 1190. The van der Waals surface area contributed by atoms with Gasteiger partial charge < -0.3 is 0 Å². The van der Waals surface area contributed by atoms with Gasteiger partial charge in [0.1, 0.15) is 5.82 Å². The van der Waals surface area contributed by atoms with Gasteiger partial charge in [-0.05, 0) is 43.2 Å². The van der Waals surface area contributed by atoms with Crippen LogP contribution in [0.3, 0.4) is 0 Å². The molecule has 136 valence electrons. The molecule has 0 fully saturated rings. The number of aromatic nitrogens is 4. The summed E-state index contributed by atoms with van der Waals surface area (Å²) in [5.41, 5.74) is 4.31. The smallest absolute Gasteiger partial charge is 0.261 e. The van der Waals surface area contributed by atoms with Gasteiger partial charge in [-0.3, -0.25) is 13.9 Å². The molecule has 0 unspecified atom stereocenters. The average molecular weight is 376 g/mol. The summed E-state index contributed by atoms with van der Waals surface area (Å²) in [5.74, 6) is 1.30. The molecule has 4 rings (SSSR count). The molecule has 0 saturated carbocycles. The fraction of sp³-hybridized carbons (Fsp3) is 0.190. The maximum absolute atomic E-state index is 12.6. The molecular weight excluding hydrogens is 356 g/mol. The number of hydrogen-bond acceptors (Lipinski definition) is 4. The van der Waals surface area contributed by atoms with E-state index in [0.717, 1.165) is 22.2 Å². The van der Waals surface area contributed by atoms with Crippen LogP contribution in [0.1, 0.15) is 17.0 Å². The first-order valence-corrected chi connectivity index (χ1v) is 9.72. The van der Waals surface area contributed by atoms with E-state index in [9.17, 15) is 4.79 Å². The third kappa shape index (κ3) is 3.17. The van der Waals surface area contributed by atoms with E-state index in [0.29, 0.717) is 11.1 Å². The predicted octanol–water partition coefficient (Wildman–Crippen LogP) is 4.03. The molecule has 2 aromatic heterocycles. The van der Waals surface area contributed by atoms with Crippen molar-refractivity contribution in [2.75, 3.05) is 0 Å². The van der Waals surface area contributed by atoms with Gasteiger partial charge in [-0.2, -0.15) is 0 Å². The largest absolute Gasteiger partial charge is 0.299 e. The molecule has 5 nitrogen and oxygen atoms in total. The van der Waals surface area contributed by atoms with E-state index in [-0.39, 0.29) is 5.56 Å². The number of thioether (sulfide) groups is 1. The van der Waals surface area contributed by atoms with Crippen LogP contribution < -0.4 is 5.56 Å². The predicted molar refractivity (Wildman–Crippen MR) is 110 cm³/mol. The van der Waals surface area contributed by atoms with Crippen LogP contribution >= 0.6 is 11.8 Å². The lowest BCUT2D eigenvalue weighted by Gasteiger charge is -2.13. The standard InChI is InChI=1S/C21H20N4OS/c1-14-7-6-10-18(15(14)2)25-12-11-22-21(25)27-13-19-23-17-9-5-4-8-16(17)20(26)24(19)3/h4-12H,13H2,1-3H3. The van der Waals surface area contributed by atoms with Crippen molar-refractivity contribution in [1.29, 1.82) is 0 Å². The molecule has 0 bridgehead atoms. The molecule has 6 heteroatoms. The maximum atomic E-state index is 12.6. The van der Waals surface area contributed by atoms with Gasteiger partial charge in [0, 0.05) is 19.4 Å². The molecule has 4 aromatic rings. The van der Waals surface area contributed by atoms with Crippen molar-refractivity contribution in [2.24, 2.45) is 7.05 Å². The van der Waals surface area contributed by atoms with Crippen molar-refractivity contribution in [3.63, 3.8) is 0 Å². The quantitative estimate of drug-likeness (QED) is 0.505. The number of aryl methyl sites for hydroxylation is 1. The van der Waals surface area contributed by atoms with Crippen LogP contribution in [0.2, 0.25) is 0 Å². The molecule has 0 saturated heterocycles. The molecule has 0 aliphatic carbocycles. The topological polar surface area (TPSA) is 52.7 Å². The Labute approximate surface area is 161 Å². The summed E-state index contributed by atoms with van der Waals surface area (Å²) < 4.78 is 3.71. The second-order valence-corrected chi connectivity index (χ2v) is 7.44. The van der Waals surface area contributed by atoms with E-state index >= 15 is 0 Å². The molecule has 2 heterocycles. The highest BCUT2D eigenvalue weighted by Crippen LogP contribution is 2.26. The molecule has 0 spiro atoms. The number of fused-ring (bicyclic) bond motifs is 1. The lowest BCUT2D eigenvalue weighted by molar-refractivity contribution is 0.783. The molecule has 2 aromatic carbocycles. The van der Waals surface area contributed by atoms with Crippen LogP contribution in [0.5, 0.6) is 0 Å². The number of nitrogens with zero attached hydrogens (tertiary/aromatic N) is 4. The third-order valence-corrected chi connectivity index (χ3v) is 5.81. The zero-order valence-corrected chi connectivity index (χ0v) is 16.3. The number of benzene rings is 2. The average Bonchev–Trinajstić information content (AvgIpc) is 3.14. The minimum Gasteiger partial charge on any atom is -0.299 e. The molecule has 0 atom stereocenters. The van der Waals surface area contributed by atoms with Crippen LogP contribution in [0.4, 0.5) is 0 Å². The molecule has 0 aliphatic heterocycles. The minimum absolute atomic E-state index is 0.0194. The van der Waals surface area contributed by atoms with Gasteiger partial charge in [-0.25, -0.2) is 9.97 Å². The van der Waals surface area contributed by atoms with Gasteiger partial charge in [0.05, 0.1) is 22.3 Å². The van der Waals surface area contributed by atoms with E-state index in [1.807, 2.05) is 30.5 Å². The molecule has 0 N–H and O–H groups in total. The van der Waals surface area contributed by atoms with E-state index in [4.69, 9.17) is 0 Å². The van der Waals surface area contributed by atoms with Gasteiger partial charge in [-0.1, -0.05) is 36.0 Å². The van der Waals surface area contributed by atoms with Crippen LogP contribution in [-0.2, 0) is 12.8 Å². The van der Waals surface area contributed by atoms with Gasteiger partial charge in [-0.15, -0.1) is 0 Å². The normalized spacial score (nSPS) is 11.2. The number of para-hydroxylation sites is 1. The molecule has 0 amide bonds. The van der Waals surface area contributed by atoms with Gasteiger partial charge >= 0.3 is 0 Å². The highest BCUT2D eigenvalue weighted by atomic mass is 32.2. The van der Waals surface area contributed by atoms with Crippen molar-refractivity contribution < 1.29 is 0 Å². The van der Waals surface area contributed by atoms with E-state index in [1.165, 1.54) is 11.1 Å². The van der Waals surface area contributed by atoms with E-state index in [2.05, 4.69) is 46.6 Å². The lowest BCUT2D eigenvalue weighted by Crippen LogP contribution is -2.21. The van der Waals surface area contributed by atoms with E-state index < -0.39 is 0 Å². The van der Waals surface area contributed by atoms with E-state index in [1.54, 1.807) is 29.6 Å².